The van der Waals surface area contributed by atoms with E-state index < -0.39 is 0 Å². The Labute approximate surface area is 381 Å². The van der Waals surface area contributed by atoms with E-state index in [-0.39, 0.29) is 12.0 Å². The zero-order valence-electron chi connectivity index (χ0n) is 37.1. The Hall–Kier alpha value is -6.66. The van der Waals surface area contributed by atoms with Gasteiger partial charge in [0.15, 0.2) is 0 Å². The number of carbonyl (C=O) groups excluding carboxylic acids is 1. The second kappa shape index (κ2) is 16.1. The average molecular weight is 850 g/mol. The maximum Gasteiger partial charge on any atom is 0.491 e. The van der Waals surface area contributed by atoms with Gasteiger partial charge in [-0.05, 0) is 185 Å². The molecular weight excluding hydrogens is 798 g/mol. The number of aromatic amines is 1. The molecule has 4 aliphatic carbocycles. The first-order chi connectivity index (χ1) is 31.9. The second-order valence-electron chi connectivity index (χ2n) is 18.8. The number of hydrogen-bond acceptors (Lipinski definition) is 3. The highest BCUT2D eigenvalue weighted by Gasteiger charge is 2.38. The van der Waals surface area contributed by atoms with Crippen molar-refractivity contribution in [2.45, 2.75) is 90.0 Å². The quantitative estimate of drug-likeness (QED) is 0.0941. The number of carbonyl (C=O) groups is 1. The van der Waals surface area contributed by atoms with Gasteiger partial charge in [-0.25, -0.2) is 0 Å². The van der Waals surface area contributed by atoms with Gasteiger partial charge in [0.2, 0.25) is 0 Å². The zero-order valence-corrected chi connectivity index (χ0v) is 37.1. The van der Waals surface area contributed by atoms with Crippen LogP contribution >= 0.6 is 0 Å². The van der Waals surface area contributed by atoms with E-state index in [1.54, 1.807) is 0 Å². The largest absolute Gasteiger partial charge is 0.491 e. The van der Waals surface area contributed by atoms with Gasteiger partial charge < -0.3 is 18.8 Å². The van der Waals surface area contributed by atoms with Crippen LogP contribution in [0.15, 0.2) is 139 Å². The van der Waals surface area contributed by atoms with E-state index in [2.05, 4.69) is 140 Å². The molecule has 1 radical (unpaired) electrons. The predicted octanol–water partition coefficient (Wildman–Crippen LogP) is 14.0. The number of ether oxygens (including phenoxy) is 1. The van der Waals surface area contributed by atoms with E-state index in [1.807, 2.05) is 16.9 Å². The van der Waals surface area contributed by atoms with E-state index >= 15 is 4.32 Å². The standard InChI is InChI=1S/C59H51BFN2O2/c1-35-31-43(65-53(64)28-11-17-39-29-30-50-48-26-10-19-40-18-9-25-47(55(40)48)49-27-12-24-44(39)56(49)50)32-36(2)54(35)57(51-33-41-20-7-15-37-13-3-5-22-45(37)58(41)62-51)52-34-42-21-8-16-38-14-4-6-23-46(38)59(42)63(52)60-61/h3-6,9-10,12-14,18-19,22-24,26-27,29-34,47,59,62H,7-8,11,15-17,20-21,25,28H2,1-2H3/b57-52+. The van der Waals surface area contributed by atoms with Crippen LogP contribution in [0.4, 0.5) is 4.32 Å². The van der Waals surface area contributed by atoms with Gasteiger partial charge in [0.25, 0.3) is 0 Å². The molecule has 0 spiro atoms. The molecule has 1 N–H and O–H groups in total. The van der Waals surface area contributed by atoms with Crippen LogP contribution in [-0.4, -0.2) is 23.5 Å². The molecule has 0 bridgehead atoms. The van der Waals surface area contributed by atoms with Gasteiger partial charge in [0.1, 0.15) is 5.75 Å². The van der Waals surface area contributed by atoms with Gasteiger partial charge in [-0.1, -0.05) is 109 Å². The van der Waals surface area contributed by atoms with Gasteiger partial charge in [-0.2, -0.15) is 0 Å². The Balaban J connectivity index is 0.855. The van der Waals surface area contributed by atoms with Crippen LogP contribution in [0, 0.1) is 13.8 Å². The van der Waals surface area contributed by atoms with Gasteiger partial charge in [0.05, 0.1) is 6.04 Å². The molecule has 12 rings (SSSR count). The zero-order chi connectivity index (χ0) is 43.8. The maximum atomic E-state index is 15.7. The number of H-pyrrole nitrogens is 1. The van der Waals surface area contributed by atoms with Crippen LogP contribution in [0.1, 0.15) is 117 Å². The molecule has 2 unspecified atom stereocenters. The minimum absolute atomic E-state index is 0.206. The highest BCUT2D eigenvalue weighted by molar-refractivity contribution is 6.24. The average Bonchev–Trinajstić information content (AvgIpc) is 3.79. The van der Waals surface area contributed by atoms with Gasteiger partial charge >= 0.3 is 13.7 Å². The Kier molecular flexibility index (Phi) is 9.88. The van der Waals surface area contributed by atoms with E-state index in [0.717, 1.165) is 98.4 Å². The molecule has 0 saturated heterocycles. The van der Waals surface area contributed by atoms with E-state index in [1.165, 1.54) is 77.5 Å². The highest BCUT2D eigenvalue weighted by atomic mass is 19.1. The summed E-state index contributed by atoms with van der Waals surface area (Å²) in [5.74, 6) is 0.668. The number of aromatic nitrogens is 1. The smallest absolute Gasteiger partial charge is 0.427 e. The van der Waals surface area contributed by atoms with Gasteiger partial charge in [-0.15, -0.1) is 0 Å². The molecule has 0 fully saturated rings. The monoisotopic (exact) mass is 849 g/mol. The van der Waals surface area contributed by atoms with Crippen molar-refractivity contribution in [1.82, 2.24) is 9.79 Å². The molecule has 0 amide bonds. The number of benzene rings is 6. The number of allylic oxidation sites excluding steroid dienone is 2. The Bertz CT molecular complexity index is 3180. The van der Waals surface area contributed by atoms with Crippen molar-refractivity contribution in [3.8, 4) is 28.1 Å². The van der Waals surface area contributed by atoms with Crippen LogP contribution in [0.5, 0.6) is 5.75 Å². The van der Waals surface area contributed by atoms with Crippen LogP contribution in [0.25, 0.3) is 44.8 Å². The van der Waals surface area contributed by atoms with E-state index in [0.29, 0.717) is 24.5 Å². The lowest BCUT2D eigenvalue weighted by Crippen LogP contribution is -2.27. The van der Waals surface area contributed by atoms with Crippen molar-refractivity contribution >= 4 is 36.1 Å². The molecule has 319 valence electrons. The number of aryl methyl sites for hydroxylation is 6. The Morgan fingerprint density at radius 3 is 2.42 bits per heavy atom. The Morgan fingerprint density at radius 1 is 0.785 bits per heavy atom. The summed E-state index contributed by atoms with van der Waals surface area (Å²) < 4.78 is 21.9. The third-order valence-corrected chi connectivity index (χ3v) is 15.0. The summed E-state index contributed by atoms with van der Waals surface area (Å²) in [4.78, 5) is 19.4. The first kappa shape index (κ1) is 39.9. The third kappa shape index (κ3) is 6.66. The number of nitrogens with one attached hydrogen (secondary N) is 1. The summed E-state index contributed by atoms with van der Waals surface area (Å²) in [7, 11) is 0.780. The maximum absolute atomic E-state index is 15.7. The fourth-order valence-electron chi connectivity index (χ4n) is 12.2. The molecule has 6 heteroatoms. The number of esters is 1. The molecule has 65 heavy (non-hydrogen) atoms. The van der Waals surface area contributed by atoms with Crippen molar-refractivity contribution < 1.29 is 13.8 Å². The second-order valence-corrected chi connectivity index (χ2v) is 18.8. The molecule has 5 aliphatic rings. The van der Waals surface area contributed by atoms with Crippen LogP contribution in [0.3, 0.4) is 0 Å². The highest BCUT2D eigenvalue weighted by Crippen LogP contribution is 2.51. The van der Waals surface area contributed by atoms with Crippen molar-refractivity contribution in [3.63, 3.8) is 0 Å². The van der Waals surface area contributed by atoms with Crippen molar-refractivity contribution in [3.05, 3.63) is 206 Å². The van der Waals surface area contributed by atoms with Crippen LogP contribution < -0.4 is 4.74 Å². The van der Waals surface area contributed by atoms with E-state index in [4.69, 9.17) is 4.74 Å². The van der Waals surface area contributed by atoms with Crippen molar-refractivity contribution in [1.29, 1.82) is 0 Å². The van der Waals surface area contributed by atoms with Crippen LogP contribution in [0.2, 0.25) is 0 Å². The summed E-state index contributed by atoms with van der Waals surface area (Å²) in [5, 5.41) is 2.65. The molecule has 1 aliphatic heterocycles. The minimum Gasteiger partial charge on any atom is -0.427 e. The Morgan fingerprint density at radius 2 is 1.54 bits per heavy atom. The number of hydrogen-bond donors (Lipinski definition) is 1. The topological polar surface area (TPSA) is 45.3 Å². The minimum atomic E-state index is -0.238. The summed E-state index contributed by atoms with van der Waals surface area (Å²) in [5.41, 5.74) is 22.5. The molecule has 0 saturated carbocycles. The number of fused-ring (bicyclic) bond motifs is 8. The lowest BCUT2D eigenvalue weighted by molar-refractivity contribution is -0.134. The van der Waals surface area contributed by atoms with Gasteiger partial charge in [-0.3, -0.25) is 4.79 Å². The lowest BCUT2D eigenvalue weighted by atomic mass is 9.71. The molecule has 7 aromatic rings. The SMILES string of the molecule is Cc1cc(OC(=O)CCCc2ccc3c4c(cccc24)C2CC=Cc4cccc-3c42)cc(C)c1/C(=C1\C=C2CCCc3ccccc3C2N1[B]F)c1cc2c([nH]1)-c1ccccc1CCC2. The molecule has 2 heterocycles. The lowest BCUT2D eigenvalue weighted by Gasteiger charge is -2.32. The summed E-state index contributed by atoms with van der Waals surface area (Å²) >= 11 is 0. The summed E-state index contributed by atoms with van der Waals surface area (Å²) in [6.45, 7) is 4.17. The first-order valence-electron chi connectivity index (χ1n) is 23.6. The number of nitrogens with zero attached hydrogens (tertiary/aromatic N) is 1. The number of rotatable bonds is 8. The summed E-state index contributed by atoms with van der Waals surface area (Å²) in [6.07, 6.45) is 15.6. The summed E-state index contributed by atoms with van der Waals surface area (Å²) in [6, 6.07) is 41.3. The fourth-order valence-corrected chi connectivity index (χ4v) is 12.2. The molecule has 2 atom stereocenters. The molecule has 4 nitrogen and oxygen atoms in total. The normalized spacial score (nSPS) is 18.4. The van der Waals surface area contributed by atoms with Crippen LogP contribution in [-0.2, 0) is 30.5 Å². The van der Waals surface area contributed by atoms with E-state index in [9.17, 15) is 4.79 Å². The number of halogens is 1. The first-order valence-corrected chi connectivity index (χ1v) is 23.6. The molecular formula is C59H51BFN2O2. The predicted molar refractivity (Wildman–Crippen MR) is 263 cm³/mol. The molecule has 1 aromatic heterocycles. The molecule has 6 aromatic carbocycles. The van der Waals surface area contributed by atoms with Gasteiger partial charge in [0, 0.05) is 40.6 Å². The third-order valence-electron chi connectivity index (χ3n) is 15.0. The van der Waals surface area contributed by atoms with Crippen molar-refractivity contribution in [2.24, 2.45) is 0 Å². The van der Waals surface area contributed by atoms with Crippen molar-refractivity contribution in [2.75, 3.05) is 0 Å². The fraction of sp³-hybridized carbons (Fsp3) is 0.237.